The Morgan fingerprint density at radius 3 is 1.94 bits per heavy atom. The van der Waals surface area contributed by atoms with Crippen LogP contribution in [0.15, 0.2) is 24.3 Å². The van der Waals surface area contributed by atoms with Gasteiger partial charge in [0.05, 0.1) is 18.2 Å². The highest BCUT2D eigenvalue weighted by molar-refractivity contribution is 6.31. The van der Waals surface area contributed by atoms with Crippen LogP contribution in [0.25, 0.3) is 11.1 Å². The number of hydrogen-bond acceptors (Lipinski definition) is 9. The minimum Gasteiger partial charge on any atom is -0.507 e. The molecule has 178 valence electrons. The van der Waals surface area contributed by atoms with Crippen LogP contribution in [-0.4, -0.2) is 55.3 Å². The maximum atomic E-state index is 13.4. The highest BCUT2D eigenvalue weighted by Crippen LogP contribution is 2.55. The zero-order valence-electron chi connectivity index (χ0n) is 18.3. The lowest BCUT2D eigenvalue weighted by atomic mass is 9.74. The Bertz CT molecular complexity index is 1520. The van der Waals surface area contributed by atoms with E-state index < -0.39 is 58.1 Å². The lowest BCUT2D eigenvalue weighted by molar-refractivity contribution is 0.0154. The molecule has 6 N–H and O–H groups in total. The lowest BCUT2D eigenvalue weighted by Crippen LogP contribution is -2.25. The standard InChI is InChI=1S/C25H18O10/c1-7-3-9-16(23(31)14(7)25(33)34)17-11(22(30)21(9)29)6-12-18(24(17)32)20(28)10-4-8(35-2)5-13(26)15(10)19(12)27/h3-6,21-22,26,29-32H,1-2H3,(H,33,34). The Kier molecular flexibility index (Phi) is 4.66. The SMILES string of the molecule is COc1cc(O)c2c(c1)C(=O)c1c(cc3c(c1O)-c1c(cc(C)c(C(=O)O)c1O)C(O)C3O)C2=O. The average molecular weight is 478 g/mol. The van der Waals surface area contributed by atoms with Gasteiger partial charge in [0.1, 0.15) is 40.8 Å². The van der Waals surface area contributed by atoms with Crippen LogP contribution >= 0.6 is 0 Å². The van der Waals surface area contributed by atoms with Gasteiger partial charge in [-0.2, -0.15) is 0 Å². The molecular weight excluding hydrogens is 460 g/mol. The molecule has 0 aromatic heterocycles. The van der Waals surface area contributed by atoms with Crippen molar-refractivity contribution in [2.75, 3.05) is 7.11 Å². The number of hydrogen-bond donors (Lipinski definition) is 6. The van der Waals surface area contributed by atoms with Crippen molar-refractivity contribution in [3.63, 3.8) is 0 Å². The van der Waals surface area contributed by atoms with Crippen molar-refractivity contribution in [3.8, 4) is 34.1 Å². The molecule has 2 atom stereocenters. The number of benzene rings is 3. The second-order valence-electron chi connectivity index (χ2n) is 8.42. The predicted octanol–water partition coefficient (Wildman–Crippen LogP) is 2.34. The quantitative estimate of drug-likeness (QED) is 0.250. The molecule has 0 heterocycles. The van der Waals surface area contributed by atoms with E-state index in [-0.39, 0.29) is 50.3 Å². The van der Waals surface area contributed by atoms with Gasteiger partial charge in [-0.1, -0.05) is 6.07 Å². The molecule has 2 aliphatic carbocycles. The molecule has 0 bridgehead atoms. The third-order valence-corrected chi connectivity index (χ3v) is 6.53. The largest absolute Gasteiger partial charge is 0.507 e. The predicted molar refractivity (Wildman–Crippen MR) is 118 cm³/mol. The molecular formula is C25H18O10. The highest BCUT2D eigenvalue weighted by Gasteiger charge is 2.42. The van der Waals surface area contributed by atoms with E-state index in [2.05, 4.69) is 0 Å². The van der Waals surface area contributed by atoms with Gasteiger partial charge in [-0.3, -0.25) is 9.59 Å². The minimum absolute atomic E-state index is 0.0606. The maximum absolute atomic E-state index is 13.4. The summed E-state index contributed by atoms with van der Waals surface area (Å²) in [6, 6.07) is 4.73. The van der Waals surface area contributed by atoms with Crippen LogP contribution < -0.4 is 4.74 Å². The number of ketones is 2. The van der Waals surface area contributed by atoms with E-state index in [4.69, 9.17) is 4.74 Å². The number of phenolic OH excluding ortho intramolecular Hbond substituents is 2. The number of rotatable bonds is 2. The Hall–Kier alpha value is -4.41. The van der Waals surface area contributed by atoms with Gasteiger partial charge in [0.15, 0.2) is 11.6 Å². The molecule has 10 heteroatoms. The second-order valence-corrected chi connectivity index (χ2v) is 8.42. The van der Waals surface area contributed by atoms with Gasteiger partial charge in [-0.15, -0.1) is 0 Å². The van der Waals surface area contributed by atoms with Gasteiger partial charge >= 0.3 is 5.97 Å². The van der Waals surface area contributed by atoms with Crippen LogP contribution in [0.1, 0.15) is 71.1 Å². The lowest BCUT2D eigenvalue weighted by Gasteiger charge is -2.33. The summed E-state index contributed by atoms with van der Waals surface area (Å²) in [5.74, 6) is -5.12. The third kappa shape index (κ3) is 2.81. The van der Waals surface area contributed by atoms with Crippen molar-refractivity contribution < 1.29 is 49.8 Å². The molecule has 2 aliphatic rings. The van der Waals surface area contributed by atoms with Crippen LogP contribution in [0, 0.1) is 6.92 Å². The first-order chi connectivity index (χ1) is 16.5. The Morgan fingerprint density at radius 1 is 0.800 bits per heavy atom. The van der Waals surface area contributed by atoms with E-state index in [1.54, 1.807) is 0 Å². The van der Waals surface area contributed by atoms with Crippen LogP contribution in [0.5, 0.6) is 23.0 Å². The number of carbonyl (C=O) groups excluding carboxylic acids is 2. The summed E-state index contributed by atoms with van der Waals surface area (Å²) >= 11 is 0. The molecule has 0 amide bonds. The fourth-order valence-electron chi connectivity index (χ4n) is 4.93. The maximum Gasteiger partial charge on any atom is 0.339 e. The molecule has 3 aromatic carbocycles. The Balaban J connectivity index is 1.88. The van der Waals surface area contributed by atoms with Gasteiger partial charge in [-0.05, 0) is 35.7 Å². The first kappa shape index (κ1) is 22.4. The number of aromatic carboxylic acids is 1. The molecule has 0 saturated carbocycles. The highest BCUT2D eigenvalue weighted by atomic mass is 16.5. The van der Waals surface area contributed by atoms with Crippen LogP contribution in [-0.2, 0) is 0 Å². The summed E-state index contributed by atoms with van der Waals surface area (Å²) < 4.78 is 5.05. The van der Waals surface area contributed by atoms with Crippen LogP contribution in [0.2, 0.25) is 0 Å². The number of carbonyl (C=O) groups is 3. The summed E-state index contributed by atoms with van der Waals surface area (Å²) in [5.41, 5.74) is -2.55. The van der Waals surface area contributed by atoms with E-state index in [0.29, 0.717) is 0 Å². The summed E-state index contributed by atoms with van der Waals surface area (Å²) in [7, 11) is 1.30. The Morgan fingerprint density at radius 2 is 1.34 bits per heavy atom. The molecule has 3 aromatic rings. The number of aryl methyl sites for hydroxylation is 1. The molecule has 0 fully saturated rings. The monoisotopic (exact) mass is 478 g/mol. The molecule has 35 heavy (non-hydrogen) atoms. The average Bonchev–Trinajstić information content (AvgIpc) is 2.79. The fraction of sp³-hybridized carbons (Fsp3) is 0.160. The number of fused-ring (bicyclic) bond motifs is 5. The van der Waals surface area contributed by atoms with E-state index in [1.165, 1.54) is 26.2 Å². The van der Waals surface area contributed by atoms with Crippen molar-refractivity contribution in [2.45, 2.75) is 19.1 Å². The summed E-state index contributed by atoms with van der Waals surface area (Å²) in [6.07, 6.45) is -3.32. The number of carboxylic acids is 1. The van der Waals surface area contributed by atoms with E-state index in [9.17, 15) is 45.0 Å². The first-order valence-corrected chi connectivity index (χ1v) is 10.4. The number of carboxylic acid groups (broad SMARTS) is 1. The van der Waals surface area contributed by atoms with Crippen molar-refractivity contribution in [1.29, 1.82) is 0 Å². The molecule has 5 rings (SSSR count). The summed E-state index contributed by atoms with van der Waals surface area (Å²) in [6.45, 7) is 1.39. The number of aliphatic hydroxyl groups excluding tert-OH is 2. The van der Waals surface area contributed by atoms with Gasteiger partial charge in [-0.25, -0.2) is 4.79 Å². The molecule has 0 saturated heterocycles. The smallest absolute Gasteiger partial charge is 0.339 e. The molecule has 0 radical (unpaired) electrons. The first-order valence-electron chi connectivity index (χ1n) is 10.4. The van der Waals surface area contributed by atoms with Crippen molar-refractivity contribution in [1.82, 2.24) is 0 Å². The van der Waals surface area contributed by atoms with E-state index in [0.717, 1.165) is 12.1 Å². The third-order valence-electron chi connectivity index (χ3n) is 6.53. The van der Waals surface area contributed by atoms with Gasteiger partial charge < -0.3 is 35.4 Å². The molecule has 10 nitrogen and oxygen atoms in total. The number of aromatic hydroxyl groups is 3. The number of aliphatic hydroxyl groups is 2. The molecule has 2 unspecified atom stereocenters. The van der Waals surface area contributed by atoms with E-state index >= 15 is 0 Å². The number of ether oxygens (including phenoxy) is 1. The van der Waals surface area contributed by atoms with Crippen LogP contribution in [0.3, 0.4) is 0 Å². The minimum atomic E-state index is -1.68. The van der Waals surface area contributed by atoms with Crippen LogP contribution in [0.4, 0.5) is 0 Å². The van der Waals surface area contributed by atoms with Crippen molar-refractivity contribution >= 4 is 17.5 Å². The molecule has 0 aliphatic heterocycles. The summed E-state index contributed by atoms with van der Waals surface area (Å²) in [5, 5.41) is 63.6. The number of methoxy groups -OCH3 is 1. The molecule has 0 spiro atoms. The van der Waals surface area contributed by atoms with E-state index in [1.807, 2.05) is 0 Å². The normalized spacial score (nSPS) is 17.8. The number of phenols is 3. The zero-order chi connectivity index (χ0) is 25.5. The second kappa shape index (κ2) is 7.29. The Labute approximate surface area is 196 Å². The van der Waals surface area contributed by atoms with Gasteiger partial charge in [0.2, 0.25) is 0 Å². The van der Waals surface area contributed by atoms with Gasteiger partial charge in [0.25, 0.3) is 0 Å². The van der Waals surface area contributed by atoms with Crippen molar-refractivity contribution in [2.24, 2.45) is 0 Å². The van der Waals surface area contributed by atoms with Gasteiger partial charge in [0, 0.05) is 28.3 Å². The fourth-order valence-corrected chi connectivity index (χ4v) is 4.93. The topological polar surface area (TPSA) is 182 Å². The summed E-state index contributed by atoms with van der Waals surface area (Å²) in [4.78, 5) is 38.4. The zero-order valence-corrected chi connectivity index (χ0v) is 18.3. The van der Waals surface area contributed by atoms with Crippen molar-refractivity contribution in [3.05, 3.63) is 68.8 Å².